The highest BCUT2D eigenvalue weighted by Gasteiger charge is 2.38. The van der Waals surface area contributed by atoms with Crippen molar-refractivity contribution in [3.05, 3.63) is 30.1 Å². The summed E-state index contributed by atoms with van der Waals surface area (Å²) in [4.78, 5) is 13.7. The summed E-state index contributed by atoms with van der Waals surface area (Å²) in [5.41, 5.74) is 1.65. The summed E-state index contributed by atoms with van der Waals surface area (Å²) >= 11 is 0. The number of aliphatic hydroxyl groups is 1. The summed E-state index contributed by atoms with van der Waals surface area (Å²) in [6.45, 7) is 3.68. The SMILES string of the molecule is C=CCOC(=O)N1C[C@H](OS(C)(=O)=O)C[C@H]1Cc1[nH]ncc1CCO. The predicted octanol–water partition coefficient (Wildman–Crippen LogP) is 0.229. The average molecular weight is 373 g/mol. The van der Waals surface area contributed by atoms with Crippen molar-refractivity contribution in [1.29, 1.82) is 0 Å². The van der Waals surface area contributed by atoms with E-state index in [1.807, 2.05) is 0 Å². The number of aliphatic hydroxyl groups excluding tert-OH is 1. The molecule has 140 valence electrons. The second-order valence-corrected chi connectivity index (χ2v) is 7.48. The van der Waals surface area contributed by atoms with Crippen LogP contribution in [0, 0.1) is 0 Å². The second kappa shape index (κ2) is 8.45. The van der Waals surface area contributed by atoms with Crippen LogP contribution in [0.1, 0.15) is 17.7 Å². The van der Waals surface area contributed by atoms with Gasteiger partial charge < -0.3 is 14.7 Å². The first-order valence-corrected chi connectivity index (χ1v) is 9.70. The number of ether oxygens (including phenoxy) is 1. The number of amides is 1. The number of hydrogen-bond donors (Lipinski definition) is 2. The zero-order chi connectivity index (χ0) is 18.4. The minimum absolute atomic E-state index is 0.0118. The Bertz CT molecular complexity index is 702. The molecule has 1 aliphatic heterocycles. The van der Waals surface area contributed by atoms with Gasteiger partial charge >= 0.3 is 6.09 Å². The molecular formula is C15H23N3O6S. The van der Waals surface area contributed by atoms with E-state index in [2.05, 4.69) is 16.8 Å². The highest BCUT2D eigenvalue weighted by Crippen LogP contribution is 2.26. The fraction of sp³-hybridized carbons (Fsp3) is 0.600. The number of nitrogens with zero attached hydrogens (tertiary/aromatic N) is 2. The first-order chi connectivity index (χ1) is 11.8. The quantitative estimate of drug-likeness (QED) is 0.494. The van der Waals surface area contributed by atoms with Gasteiger partial charge in [0.2, 0.25) is 0 Å². The van der Waals surface area contributed by atoms with Crippen LogP contribution in [0.5, 0.6) is 0 Å². The number of aromatic amines is 1. The van der Waals surface area contributed by atoms with Gasteiger partial charge in [-0.3, -0.25) is 9.28 Å². The van der Waals surface area contributed by atoms with Crippen LogP contribution in [-0.2, 0) is 31.9 Å². The molecule has 1 aromatic rings. The third-order valence-electron chi connectivity index (χ3n) is 3.87. The molecule has 2 atom stereocenters. The molecule has 0 aliphatic carbocycles. The third-order valence-corrected chi connectivity index (χ3v) is 4.50. The summed E-state index contributed by atoms with van der Waals surface area (Å²) < 4.78 is 32.9. The average Bonchev–Trinajstić information content (AvgIpc) is 3.11. The minimum atomic E-state index is -3.62. The van der Waals surface area contributed by atoms with E-state index < -0.39 is 22.3 Å². The molecule has 1 fully saturated rings. The maximum Gasteiger partial charge on any atom is 0.410 e. The molecule has 1 aliphatic rings. The van der Waals surface area contributed by atoms with E-state index in [0.717, 1.165) is 17.5 Å². The van der Waals surface area contributed by atoms with Crippen molar-refractivity contribution in [3.8, 4) is 0 Å². The Labute approximate surface area is 146 Å². The van der Waals surface area contributed by atoms with Gasteiger partial charge in [-0.2, -0.15) is 13.5 Å². The van der Waals surface area contributed by atoms with E-state index in [1.54, 1.807) is 6.20 Å². The maximum absolute atomic E-state index is 12.3. The number of carbonyl (C=O) groups excluding carboxylic acids is 1. The first-order valence-electron chi connectivity index (χ1n) is 7.88. The number of likely N-dealkylation sites (tertiary alicyclic amines) is 1. The molecule has 2 heterocycles. The highest BCUT2D eigenvalue weighted by molar-refractivity contribution is 7.86. The lowest BCUT2D eigenvalue weighted by atomic mass is 10.0. The van der Waals surface area contributed by atoms with Crippen molar-refractivity contribution in [3.63, 3.8) is 0 Å². The van der Waals surface area contributed by atoms with Gasteiger partial charge in [0, 0.05) is 24.8 Å². The standard InChI is InChI=1S/C15H23N3O6S/c1-3-6-23-15(20)18-10-13(24-25(2,21)22)7-12(18)8-14-11(4-5-19)9-16-17-14/h3,9,12-13,19H,1,4-8,10H2,2H3,(H,16,17)/t12-,13+/m0/s1. The topological polar surface area (TPSA) is 122 Å². The lowest BCUT2D eigenvalue weighted by molar-refractivity contribution is 0.104. The maximum atomic E-state index is 12.3. The molecule has 0 unspecified atom stereocenters. The number of carbonyl (C=O) groups is 1. The van der Waals surface area contributed by atoms with Crippen molar-refractivity contribution in [1.82, 2.24) is 15.1 Å². The van der Waals surface area contributed by atoms with E-state index in [4.69, 9.17) is 14.0 Å². The van der Waals surface area contributed by atoms with Gasteiger partial charge in [0.1, 0.15) is 6.61 Å². The van der Waals surface area contributed by atoms with Gasteiger partial charge in [-0.25, -0.2) is 4.79 Å². The summed E-state index contributed by atoms with van der Waals surface area (Å²) in [5.74, 6) is 0. The second-order valence-electron chi connectivity index (χ2n) is 5.88. The molecule has 1 saturated heterocycles. The molecule has 0 bridgehead atoms. The fourth-order valence-corrected chi connectivity index (χ4v) is 3.54. The fourth-order valence-electron chi connectivity index (χ4n) is 2.91. The van der Waals surface area contributed by atoms with Crippen LogP contribution < -0.4 is 0 Å². The molecule has 0 radical (unpaired) electrons. The predicted molar refractivity (Wildman–Crippen MR) is 89.5 cm³/mol. The summed E-state index contributed by atoms with van der Waals surface area (Å²) in [5, 5.41) is 15.9. The van der Waals surface area contributed by atoms with Crippen LogP contribution >= 0.6 is 0 Å². The third kappa shape index (κ3) is 5.55. The van der Waals surface area contributed by atoms with E-state index in [1.165, 1.54) is 11.0 Å². The van der Waals surface area contributed by atoms with Crippen LogP contribution in [0.15, 0.2) is 18.9 Å². The Kier molecular flexibility index (Phi) is 6.57. The van der Waals surface area contributed by atoms with E-state index in [0.29, 0.717) is 19.3 Å². The van der Waals surface area contributed by atoms with Crippen molar-refractivity contribution < 1.29 is 27.2 Å². The van der Waals surface area contributed by atoms with E-state index in [-0.39, 0.29) is 25.8 Å². The molecule has 1 aromatic heterocycles. The molecule has 10 heteroatoms. The van der Waals surface area contributed by atoms with Crippen molar-refractivity contribution in [2.45, 2.75) is 31.4 Å². The molecule has 0 saturated carbocycles. The minimum Gasteiger partial charge on any atom is -0.445 e. The van der Waals surface area contributed by atoms with Gasteiger partial charge in [-0.1, -0.05) is 12.7 Å². The summed E-state index contributed by atoms with van der Waals surface area (Å²) in [7, 11) is -3.62. The zero-order valence-electron chi connectivity index (χ0n) is 14.1. The molecule has 0 aromatic carbocycles. The normalized spacial score (nSPS) is 20.6. The number of nitrogens with one attached hydrogen (secondary N) is 1. The van der Waals surface area contributed by atoms with Gasteiger partial charge in [0.25, 0.3) is 10.1 Å². The Morgan fingerprint density at radius 3 is 3.00 bits per heavy atom. The molecule has 2 N–H and O–H groups in total. The first kappa shape index (κ1) is 19.4. The molecule has 9 nitrogen and oxygen atoms in total. The van der Waals surface area contributed by atoms with Crippen LogP contribution in [-0.4, -0.2) is 72.9 Å². The lowest BCUT2D eigenvalue weighted by Crippen LogP contribution is -2.38. The molecule has 0 spiro atoms. The van der Waals surface area contributed by atoms with Crippen molar-refractivity contribution in [2.24, 2.45) is 0 Å². The summed E-state index contributed by atoms with van der Waals surface area (Å²) in [6, 6.07) is -0.304. The van der Waals surface area contributed by atoms with Gasteiger partial charge in [-0.05, 0) is 18.4 Å². The van der Waals surface area contributed by atoms with E-state index in [9.17, 15) is 13.2 Å². The molecule has 1 amide bonds. The highest BCUT2D eigenvalue weighted by atomic mass is 32.2. The number of H-pyrrole nitrogens is 1. The molecular weight excluding hydrogens is 350 g/mol. The lowest BCUT2D eigenvalue weighted by Gasteiger charge is -2.23. The Morgan fingerprint density at radius 2 is 2.36 bits per heavy atom. The van der Waals surface area contributed by atoms with Crippen LogP contribution in [0.2, 0.25) is 0 Å². The molecule has 25 heavy (non-hydrogen) atoms. The Morgan fingerprint density at radius 1 is 1.60 bits per heavy atom. The zero-order valence-corrected chi connectivity index (χ0v) is 14.9. The number of hydrogen-bond acceptors (Lipinski definition) is 7. The monoisotopic (exact) mass is 373 g/mol. The van der Waals surface area contributed by atoms with Gasteiger partial charge in [0.05, 0.1) is 25.1 Å². The Hall–Kier alpha value is -1.91. The number of aromatic nitrogens is 2. The van der Waals surface area contributed by atoms with Crippen molar-refractivity contribution in [2.75, 3.05) is 26.0 Å². The van der Waals surface area contributed by atoms with Crippen LogP contribution in [0.4, 0.5) is 4.79 Å². The van der Waals surface area contributed by atoms with Crippen molar-refractivity contribution >= 4 is 16.2 Å². The summed E-state index contributed by atoms with van der Waals surface area (Å²) in [6.07, 6.45) is 4.13. The largest absolute Gasteiger partial charge is 0.445 e. The van der Waals surface area contributed by atoms with Gasteiger partial charge in [-0.15, -0.1) is 0 Å². The van der Waals surface area contributed by atoms with Gasteiger partial charge in [0.15, 0.2) is 0 Å². The molecule has 2 rings (SSSR count). The van der Waals surface area contributed by atoms with Crippen LogP contribution in [0.25, 0.3) is 0 Å². The smallest absolute Gasteiger partial charge is 0.410 e. The van der Waals surface area contributed by atoms with Crippen LogP contribution in [0.3, 0.4) is 0 Å². The number of rotatable bonds is 8. The van der Waals surface area contributed by atoms with E-state index >= 15 is 0 Å². The Balaban J connectivity index is 2.13.